The molecule has 0 aliphatic carbocycles. The van der Waals surface area contributed by atoms with Gasteiger partial charge in [0.2, 0.25) is 0 Å². The number of carbonyl (C=O) groups is 3. The lowest BCUT2D eigenvalue weighted by molar-refractivity contribution is 0.0599. The van der Waals surface area contributed by atoms with Gasteiger partial charge in [0.1, 0.15) is 5.69 Å². The highest BCUT2D eigenvalue weighted by Crippen LogP contribution is 2.18. The highest BCUT2D eigenvalue weighted by Gasteiger charge is 2.16. The summed E-state index contributed by atoms with van der Waals surface area (Å²) in [5, 5.41) is 6.66. The summed E-state index contributed by atoms with van der Waals surface area (Å²) >= 11 is 0. The number of methoxy groups -OCH3 is 2. The van der Waals surface area contributed by atoms with Crippen LogP contribution in [0.15, 0.2) is 65.5 Å². The molecular formula is C21H17N3O6. The molecule has 9 nitrogen and oxygen atoms in total. The summed E-state index contributed by atoms with van der Waals surface area (Å²) in [6.45, 7) is 0. The first-order chi connectivity index (χ1) is 14.4. The van der Waals surface area contributed by atoms with Gasteiger partial charge in [0, 0.05) is 11.8 Å². The van der Waals surface area contributed by atoms with E-state index in [1.165, 1.54) is 44.6 Å². The zero-order valence-corrected chi connectivity index (χ0v) is 16.1. The van der Waals surface area contributed by atoms with E-state index in [9.17, 15) is 19.2 Å². The van der Waals surface area contributed by atoms with Crippen LogP contribution >= 0.6 is 0 Å². The zero-order chi connectivity index (χ0) is 21.7. The largest absolute Gasteiger partial charge is 0.465 e. The Morgan fingerprint density at radius 1 is 0.867 bits per heavy atom. The average molecular weight is 407 g/mol. The molecule has 3 aromatic rings. The highest BCUT2D eigenvalue weighted by molar-refractivity contribution is 6.04. The van der Waals surface area contributed by atoms with Gasteiger partial charge in [0.15, 0.2) is 0 Å². The highest BCUT2D eigenvalue weighted by atomic mass is 16.5. The predicted molar refractivity (Wildman–Crippen MR) is 107 cm³/mol. The molecule has 0 unspecified atom stereocenters. The summed E-state index contributed by atoms with van der Waals surface area (Å²) in [6, 6.07) is 15.1. The van der Waals surface area contributed by atoms with Crippen LogP contribution in [0.4, 0.5) is 5.69 Å². The van der Waals surface area contributed by atoms with Crippen LogP contribution in [0.3, 0.4) is 0 Å². The summed E-state index contributed by atoms with van der Waals surface area (Å²) < 4.78 is 10.4. The first-order valence-electron chi connectivity index (χ1n) is 8.72. The fourth-order valence-corrected chi connectivity index (χ4v) is 2.65. The van der Waals surface area contributed by atoms with Gasteiger partial charge in [-0.25, -0.2) is 9.59 Å². The Balaban J connectivity index is 1.95. The van der Waals surface area contributed by atoms with E-state index in [4.69, 9.17) is 0 Å². The quantitative estimate of drug-likeness (QED) is 0.644. The monoisotopic (exact) mass is 407 g/mol. The van der Waals surface area contributed by atoms with Gasteiger partial charge in [-0.1, -0.05) is 18.2 Å². The van der Waals surface area contributed by atoms with Gasteiger partial charge >= 0.3 is 11.9 Å². The third-order valence-corrected chi connectivity index (χ3v) is 4.07. The third kappa shape index (κ3) is 4.41. The first kappa shape index (κ1) is 20.5. The van der Waals surface area contributed by atoms with E-state index in [0.717, 1.165) is 4.68 Å². The van der Waals surface area contributed by atoms with E-state index in [1.807, 2.05) is 0 Å². The second kappa shape index (κ2) is 8.82. The first-order valence-corrected chi connectivity index (χ1v) is 8.72. The Labute approximate surface area is 170 Å². The van der Waals surface area contributed by atoms with Crippen LogP contribution in [0.25, 0.3) is 5.69 Å². The van der Waals surface area contributed by atoms with E-state index in [2.05, 4.69) is 19.9 Å². The fourth-order valence-electron chi connectivity index (χ4n) is 2.65. The SMILES string of the molecule is COC(=O)c1cc(NC(=O)c2ccc(=O)n(-c3ccccc3)n2)cc(C(=O)OC)c1. The van der Waals surface area contributed by atoms with Crippen molar-refractivity contribution in [2.24, 2.45) is 0 Å². The second-order valence-corrected chi connectivity index (χ2v) is 6.04. The number of aromatic nitrogens is 2. The lowest BCUT2D eigenvalue weighted by Crippen LogP contribution is -2.25. The molecule has 152 valence electrons. The number of hydrogen-bond acceptors (Lipinski definition) is 7. The Kier molecular flexibility index (Phi) is 6.02. The normalized spacial score (nSPS) is 10.2. The van der Waals surface area contributed by atoms with Gasteiger partial charge in [-0.2, -0.15) is 9.78 Å². The summed E-state index contributed by atoms with van der Waals surface area (Å²) in [6.07, 6.45) is 0. The van der Waals surface area contributed by atoms with Crippen LogP contribution in [0.2, 0.25) is 0 Å². The smallest absolute Gasteiger partial charge is 0.337 e. The molecule has 0 atom stereocenters. The molecular weight excluding hydrogens is 390 g/mol. The van der Waals surface area contributed by atoms with Gasteiger partial charge < -0.3 is 14.8 Å². The number of esters is 2. The number of nitrogens with one attached hydrogen (secondary N) is 1. The van der Waals surface area contributed by atoms with Gasteiger partial charge in [-0.15, -0.1) is 0 Å². The van der Waals surface area contributed by atoms with Gasteiger partial charge in [0.05, 0.1) is 31.0 Å². The maximum absolute atomic E-state index is 12.7. The van der Waals surface area contributed by atoms with Crippen LogP contribution < -0.4 is 10.9 Å². The molecule has 0 fully saturated rings. The minimum absolute atomic E-state index is 0.0402. The molecule has 1 aromatic heterocycles. The van der Waals surface area contributed by atoms with Crippen LogP contribution in [0, 0.1) is 0 Å². The molecule has 0 spiro atoms. The molecule has 30 heavy (non-hydrogen) atoms. The van der Waals surface area contributed by atoms with Crippen molar-refractivity contribution in [2.75, 3.05) is 19.5 Å². The molecule has 0 saturated carbocycles. The molecule has 2 aromatic carbocycles. The molecule has 0 aliphatic heterocycles. The van der Waals surface area contributed by atoms with Crippen molar-refractivity contribution in [2.45, 2.75) is 0 Å². The molecule has 1 amide bonds. The Morgan fingerprint density at radius 3 is 2.03 bits per heavy atom. The van der Waals surface area contributed by atoms with Gasteiger partial charge in [0.25, 0.3) is 11.5 Å². The van der Waals surface area contributed by atoms with Crippen molar-refractivity contribution in [1.29, 1.82) is 0 Å². The topological polar surface area (TPSA) is 117 Å². The number of benzene rings is 2. The van der Waals surface area contributed by atoms with Crippen molar-refractivity contribution >= 4 is 23.5 Å². The van der Waals surface area contributed by atoms with E-state index < -0.39 is 23.4 Å². The maximum Gasteiger partial charge on any atom is 0.337 e. The number of nitrogens with zero attached hydrogens (tertiary/aromatic N) is 2. The van der Waals surface area contributed by atoms with Crippen LogP contribution in [0.1, 0.15) is 31.2 Å². The van der Waals surface area contributed by atoms with Crippen LogP contribution in [0.5, 0.6) is 0 Å². The van der Waals surface area contributed by atoms with Crippen LogP contribution in [-0.2, 0) is 9.47 Å². The Hall–Kier alpha value is -4.27. The molecule has 0 saturated heterocycles. The number of amides is 1. The van der Waals surface area contributed by atoms with Gasteiger partial charge in [-0.3, -0.25) is 9.59 Å². The lowest BCUT2D eigenvalue weighted by atomic mass is 10.1. The standard InChI is InChI=1S/C21H17N3O6/c1-29-20(27)13-10-14(21(28)30-2)12-15(11-13)22-19(26)17-8-9-18(25)24(23-17)16-6-4-3-5-7-16/h3-12H,1-2H3,(H,22,26). The average Bonchev–Trinajstić information content (AvgIpc) is 2.78. The van der Waals surface area contributed by atoms with Crippen molar-refractivity contribution in [3.8, 4) is 5.69 Å². The minimum atomic E-state index is -0.688. The summed E-state index contributed by atoms with van der Waals surface area (Å²) in [5.74, 6) is -2.02. The summed E-state index contributed by atoms with van der Waals surface area (Å²) in [4.78, 5) is 48.6. The lowest BCUT2D eigenvalue weighted by Gasteiger charge is -2.10. The van der Waals surface area contributed by atoms with Crippen LogP contribution in [-0.4, -0.2) is 41.8 Å². The summed E-state index contributed by atoms with van der Waals surface area (Å²) in [7, 11) is 2.39. The minimum Gasteiger partial charge on any atom is -0.465 e. The van der Waals surface area contributed by atoms with Crippen molar-refractivity contribution in [3.05, 3.63) is 87.8 Å². The Bertz CT molecular complexity index is 1140. The molecule has 3 rings (SSSR count). The van der Waals surface area contributed by atoms with E-state index in [1.54, 1.807) is 30.3 Å². The predicted octanol–water partition coefficient (Wildman–Crippen LogP) is 2.06. The zero-order valence-electron chi connectivity index (χ0n) is 16.1. The molecule has 0 bridgehead atoms. The number of carbonyl (C=O) groups excluding carboxylic acids is 3. The van der Waals surface area contributed by atoms with Crippen molar-refractivity contribution < 1.29 is 23.9 Å². The number of para-hydroxylation sites is 1. The van der Waals surface area contributed by atoms with Crippen molar-refractivity contribution in [3.63, 3.8) is 0 Å². The van der Waals surface area contributed by atoms with E-state index in [-0.39, 0.29) is 22.5 Å². The number of rotatable bonds is 5. The van der Waals surface area contributed by atoms with E-state index in [0.29, 0.717) is 5.69 Å². The second-order valence-electron chi connectivity index (χ2n) is 6.04. The maximum atomic E-state index is 12.7. The van der Waals surface area contributed by atoms with Crippen molar-refractivity contribution in [1.82, 2.24) is 9.78 Å². The molecule has 9 heteroatoms. The number of hydrogen-bond donors (Lipinski definition) is 1. The van der Waals surface area contributed by atoms with Gasteiger partial charge in [-0.05, 0) is 36.4 Å². The molecule has 0 aliphatic rings. The third-order valence-electron chi connectivity index (χ3n) is 4.07. The fraction of sp³-hybridized carbons (Fsp3) is 0.0952. The number of anilines is 1. The molecule has 1 N–H and O–H groups in total. The summed E-state index contributed by atoms with van der Waals surface area (Å²) in [5.41, 5.74) is 0.316. The Morgan fingerprint density at radius 2 is 1.47 bits per heavy atom. The van der Waals surface area contributed by atoms with E-state index >= 15 is 0 Å². The molecule has 0 radical (unpaired) electrons. The number of ether oxygens (including phenoxy) is 2. The molecule has 1 heterocycles.